The van der Waals surface area contributed by atoms with Crippen molar-refractivity contribution in [1.29, 1.82) is 0 Å². The third-order valence-electron chi connectivity index (χ3n) is 3.46. The summed E-state index contributed by atoms with van der Waals surface area (Å²) < 4.78 is 5.95. The molecule has 0 aliphatic carbocycles. The van der Waals surface area contributed by atoms with Crippen LogP contribution < -0.4 is 10.1 Å². The predicted molar refractivity (Wildman–Crippen MR) is 83.8 cm³/mol. The molecule has 1 atom stereocenters. The molecule has 1 unspecified atom stereocenters. The first-order valence-corrected chi connectivity index (χ1v) is 7.27. The van der Waals surface area contributed by atoms with Crippen LogP contribution in [0.3, 0.4) is 0 Å². The van der Waals surface area contributed by atoms with Gasteiger partial charge in [-0.15, -0.1) is 0 Å². The summed E-state index contributed by atoms with van der Waals surface area (Å²) in [7, 11) is 0. The zero-order valence-electron chi connectivity index (χ0n) is 12.3. The van der Waals surface area contributed by atoms with Crippen molar-refractivity contribution < 1.29 is 4.74 Å². The molecule has 0 saturated carbocycles. The molecule has 0 amide bonds. The fraction of sp³-hybridized carbons (Fsp3) is 0.333. The van der Waals surface area contributed by atoms with E-state index in [-0.39, 0.29) is 0 Å². The Morgan fingerprint density at radius 3 is 2.45 bits per heavy atom. The van der Waals surface area contributed by atoms with Crippen LogP contribution in [0.1, 0.15) is 31.4 Å². The lowest BCUT2D eigenvalue weighted by Crippen LogP contribution is -2.24. The second kappa shape index (κ2) is 7.71. The first-order chi connectivity index (χ1) is 9.79. The molecule has 1 N–H and O–H groups in total. The summed E-state index contributed by atoms with van der Waals surface area (Å²) in [5.41, 5.74) is 2.40. The van der Waals surface area contributed by atoms with E-state index >= 15 is 0 Å². The van der Waals surface area contributed by atoms with Crippen LogP contribution in [0.15, 0.2) is 54.6 Å². The Balaban J connectivity index is 1.97. The quantitative estimate of drug-likeness (QED) is 0.815. The number of hydrogen-bond donors (Lipinski definition) is 1. The average Bonchev–Trinajstić information content (AvgIpc) is 2.52. The third kappa shape index (κ3) is 4.39. The Bertz CT molecular complexity index is 510. The van der Waals surface area contributed by atoms with Crippen LogP contribution in [-0.2, 0) is 13.2 Å². The van der Waals surface area contributed by atoms with E-state index in [1.807, 2.05) is 30.3 Å². The summed E-state index contributed by atoms with van der Waals surface area (Å²) in [4.78, 5) is 0. The van der Waals surface area contributed by atoms with E-state index in [1.165, 1.54) is 11.1 Å². The third-order valence-corrected chi connectivity index (χ3v) is 3.46. The van der Waals surface area contributed by atoms with Crippen LogP contribution >= 0.6 is 0 Å². The highest BCUT2D eigenvalue weighted by Crippen LogP contribution is 2.19. The smallest absolute Gasteiger partial charge is 0.124 e. The Morgan fingerprint density at radius 2 is 1.70 bits per heavy atom. The van der Waals surface area contributed by atoms with Gasteiger partial charge < -0.3 is 10.1 Å². The van der Waals surface area contributed by atoms with Gasteiger partial charge in [-0.1, -0.05) is 55.5 Å². The number of ether oxygens (including phenoxy) is 1. The van der Waals surface area contributed by atoms with Crippen LogP contribution in [0.4, 0.5) is 0 Å². The number of para-hydroxylation sites is 1. The minimum Gasteiger partial charge on any atom is -0.489 e. The van der Waals surface area contributed by atoms with Crippen LogP contribution in [0.2, 0.25) is 0 Å². The summed E-state index contributed by atoms with van der Waals surface area (Å²) >= 11 is 0. The molecule has 0 spiro atoms. The Kier molecular flexibility index (Phi) is 5.63. The van der Waals surface area contributed by atoms with Crippen LogP contribution in [0.25, 0.3) is 0 Å². The van der Waals surface area contributed by atoms with Crippen LogP contribution in [-0.4, -0.2) is 6.04 Å². The Labute approximate surface area is 121 Å². The molecule has 0 radical (unpaired) electrons. The highest BCUT2D eigenvalue weighted by atomic mass is 16.5. The normalized spacial score (nSPS) is 12.1. The van der Waals surface area contributed by atoms with Gasteiger partial charge in [-0.25, -0.2) is 0 Å². The summed E-state index contributed by atoms with van der Waals surface area (Å²) in [6.45, 7) is 5.85. The van der Waals surface area contributed by atoms with Gasteiger partial charge in [0.05, 0.1) is 0 Å². The predicted octanol–water partition coefficient (Wildman–Crippen LogP) is 4.15. The molecule has 0 aliphatic rings. The van der Waals surface area contributed by atoms with E-state index in [0.717, 1.165) is 18.7 Å². The highest BCUT2D eigenvalue weighted by molar-refractivity contribution is 5.33. The summed E-state index contributed by atoms with van der Waals surface area (Å²) in [5.74, 6) is 0.965. The van der Waals surface area contributed by atoms with Crippen molar-refractivity contribution in [2.45, 2.75) is 39.5 Å². The van der Waals surface area contributed by atoms with Gasteiger partial charge in [-0.2, -0.15) is 0 Å². The van der Waals surface area contributed by atoms with E-state index in [2.05, 4.69) is 43.4 Å². The molecule has 20 heavy (non-hydrogen) atoms. The second-order valence-corrected chi connectivity index (χ2v) is 5.07. The number of rotatable bonds is 7. The van der Waals surface area contributed by atoms with Crippen molar-refractivity contribution in [3.63, 3.8) is 0 Å². The first kappa shape index (κ1) is 14.6. The van der Waals surface area contributed by atoms with Crippen molar-refractivity contribution in [2.75, 3.05) is 0 Å². The van der Waals surface area contributed by atoms with E-state index < -0.39 is 0 Å². The van der Waals surface area contributed by atoms with E-state index in [0.29, 0.717) is 12.6 Å². The molecule has 0 fully saturated rings. The van der Waals surface area contributed by atoms with E-state index in [1.54, 1.807) is 0 Å². The van der Waals surface area contributed by atoms with Crippen LogP contribution in [0, 0.1) is 0 Å². The molecule has 2 aromatic rings. The van der Waals surface area contributed by atoms with Gasteiger partial charge in [0.2, 0.25) is 0 Å². The second-order valence-electron chi connectivity index (χ2n) is 5.07. The Morgan fingerprint density at radius 1 is 1.00 bits per heavy atom. The summed E-state index contributed by atoms with van der Waals surface area (Å²) in [6.07, 6.45) is 1.13. The van der Waals surface area contributed by atoms with Crippen molar-refractivity contribution in [1.82, 2.24) is 5.32 Å². The van der Waals surface area contributed by atoms with Gasteiger partial charge in [0.15, 0.2) is 0 Å². The maximum Gasteiger partial charge on any atom is 0.124 e. The lowest BCUT2D eigenvalue weighted by Gasteiger charge is -2.15. The molecule has 0 bridgehead atoms. The van der Waals surface area contributed by atoms with Crippen molar-refractivity contribution in [3.05, 3.63) is 65.7 Å². The van der Waals surface area contributed by atoms with Gasteiger partial charge in [0.1, 0.15) is 12.4 Å². The minimum atomic E-state index is 0.525. The SMILES string of the molecule is CCC(C)NCc1ccccc1OCc1ccccc1. The molecule has 0 heterocycles. The maximum absolute atomic E-state index is 5.95. The molecular weight excluding hydrogens is 246 g/mol. The molecule has 2 rings (SSSR count). The maximum atomic E-state index is 5.95. The summed E-state index contributed by atoms with van der Waals surface area (Å²) in [6, 6.07) is 19.0. The van der Waals surface area contributed by atoms with Crippen LogP contribution in [0.5, 0.6) is 5.75 Å². The molecule has 106 valence electrons. The Hall–Kier alpha value is -1.80. The minimum absolute atomic E-state index is 0.525. The standard InChI is InChI=1S/C18H23NO/c1-3-15(2)19-13-17-11-7-8-12-18(17)20-14-16-9-5-4-6-10-16/h4-12,15,19H,3,13-14H2,1-2H3. The fourth-order valence-electron chi connectivity index (χ4n) is 1.95. The van der Waals surface area contributed by atoms with Gasteiger partial charge in [0.25, 0.3) is 0 Å². The number of benzene rings is 2. The van der Waals surface area contributed by atoms with Gasteiger partial charge in [0, 0.05) is 18.2 Å². The average molecular weight is 269 g/mol. The number of hydrogen-bond acceptors (Lipinski definition) is 2. The summed E-state index contributed by atoms with van der Waals surface area (Å²) in [5, 5.41) is 3.51. The fourth-order valence-corrected chi connectivity index (χ4v) is 1.95. The first-order valence-electron chi connectivity index (χ1n) is 7.27. The van der Waals surface area contributed by atoms with Gasteiger partial charge in [-0.3, -0.25) is 0 Å². The largest absolute Gasteiger partial charge is 0.489 e. The monoisotopic (exact) mass is 269 g/mol. The van der Waals surface area contributed by atoms with Crippen molar-refractivity contribution >= 4 is 0 Å². The molecule has 2 aromatic carbocycles. The molecule has 0 saturated heterocycles. The van der Waals surface area contributed by atoms with E-state index in [9.17, 15) is 0 Å². The molecular formula is C18H23NO. The van der Waals surface area contributed by atoms with Crippen molar-refractivity contribution in [3.8, 4) is 5.75 Å². The molecule has 0 aliphatic heterocycles. The lowest BCUT2D eigenvalue weighted by molar-refractivity contribution is 0.301. The lowest BCUT2D eigenvalue weighted by atomic mass is 10.1. The van der Waals surface area contributed by atoms with E-state index in [4.69, 9.17) is 4.74 Å². The van der Waals surface area contributed by atoms with Crippen molar-refractivity contribution in [2.24, 2.45) is 0 Å². The van der Waals surface area contributed by atoms with Gasteiger partial charge in [-0.05, 0) is 25.0 Å². The molecule has 2 heteroatoms. The highest BCUT2D eigenvalue weighted by Gasteiger charge is 2.05. The van der Waals surface area contributed by atoms with Gasteiger partial charge >= 0.3 is 0 Å². The molecule has 2 nitrogen and oxygen atoms in total. The molecule has 0 aromatic heterocycles. The number of nitrogens with one attached hydrogen (secondary N) is 1. The zero-order chi connectivity index (χ0) is 14.2. The zero-order valence-corrected chi connectivity index (χ0v) is 12.3. The topological polar surface area (TPSA) is 21.3 Å².